The molecule has 4 rings (SSSR count). The predicted molar refractivity (Wildman–Crippen MR) is 118 cm³/mol. The number of aromatic nitrogens is 3. The number of amides is 1. The first-order valence-corrected chi connectivity index (χ1v) is 10.6. The molecule has 0 fully saturated rings. The van der Waals surface area contributed by atoms with Gasteiger partial charge in [0.2, 0.25) is 5.91 Å². The lowest BCUT2D eigenvalue weighted by molar-refractivity contribution is -0.384. The maximum absolute atomic E-state index is 12.6. The van der Waals surface area contributed by atoms with Crippen LogP contribution in [0.25, 0.3) is 22.2 Å². The van der Waals surface area contributed by atoms with Crippen LogP contribution in [0.5, 0.6) is 0 Å². The lowest BCUT2D eigenvalue weighted by atomic mass is 10.1. The normalized spacial score (nSPS) is 11.9. The molecule has 2 heterocycles. The fourth-order valence-electron chi connectivity index (χ4n) is 2.74. The Hall–Kier alpha value is -3.37. The number of thiazole rings is 1. The summed E-state index contributed by atoms with van der Waals surface area (Å²) in [5.74, 6) is -0.206. The molecule has 1 unspecified atom stereocenters. The van der Waals surface area contributed by atoms with Gasteiger partial charge in [-0.15, -0.1) is 11.3 Å². The van der Waals surface area contributed by atoms with Crippen molar-refractivity contribution in [3.8, 4) is 11.3 Å². The van der Waals surface area contributed by atoms with Gasteiger partial charge in [0, 0.05) is 28.5 Å². The molecular weight excluding hydrogens is 422 g/mol. The van der Waals surface area contributed by atoms with Gasteiger partial charge >= 0.3 is 0 Å². The van der Waals surface area contributed by atoms with Gasteiger partial charge in [-0.2, -0.15) is 0 Å². The molecule has 8 nitrogen and oxygen atoms in total. The minimum atomic E-state index is -0.450. The number of non-ortho nitro benzene ring substituents is 1. The lowest BCUT2D eigenvalue weighted by Crippen LogP contribution is -2.22. The largest absolute Gasteiger partial charge is 0.301 e. The SMILES string of the molecule is CC(Sc1ncnc2ccccc12)C(=O)Nc1nc(-c2cccc([N+](=O)[O-])c2)cs1. The molecule has 4 aromatic rings. The quantitative estimate of drug-likeness (QED) is 0.200. The molecule has 1 amide bonds. The summed E-state index contributed by atoms with van der Waals surface area (Å²) >= 11 is 2.61. The van der Waals surface area contributed by atoms with Crippen LogP contribution in [0.2, 0.25) is 0 Å². The van der Waals surface area contributed by atoms with Crippen molar-refractivity contribution in [2.75, 3.05) is 5.32 Å². The van der Waals surface area contributed by atoms with Gasteiger partial charge in [0.25, 0.3) is 5.69 Å². The highest BCUT2D eigenvalue weighted by Gasteiger charge is 2.19. The van der Waals surface area contributed by atoms with E-state index in [1.54, 1.807) is 24.4 Å². The van der Waals surface area contributed by atoms with Crippen LogP contribution >= 0.6 is 23.1 Å². The number of nitro groups is 1. The molecule has 30 heavy (non-hydrogen) atoms. The van der Waals surface area contributed by atoms with Crippen molar-refractivity contribution < 1.29 is 9.72 Å². The van der Waals surface area contributed by atoms with E-state index in [2.05, 4.69) is 20.3 Å². The van der Waals surface area contributed by atoms with E-state index in [1.807, 2.05) is 24.3 Å². The molecule has 0 aliphatic carbocycles. The van der Waals surface area contributed by atoms with Crippen molar-refractivity contribution in [1.29, 1.82) is 0 Å². The van der Waals surface area contributed by atoms with Crippen LogP contribution in [0.1, 0.15) is 6.92 Å². The van der Waals surface area contributed by atoms with Crippen LogP contribution in [-0.2, 0) is 4.79 Å². The molecule has 0 saturated carbocycles. The summed E-state index contributed by atoms with van der Waals surface area (Å²) in [6.45, 7) is 1.80. The first-order chi connectivity index (χ1) is 14.5. The number of para-hydroxylation sites is 1. The number of carbonyl (C=O) groups excluding carboxylic acids is 1. The number of fused-ring (bicyclic) bond motifs is 1. The van der Waals surface area contributed by atoms with E-state index < -0.39 is 10.2 Å². The number of thioether (sulfide) groups is 1. The first kappa shape index (κ1) is 19.9. The van der Waals surface area contributed by atoms with Crippen LogP contribution in [-0.4, -0.2) is 31.0 Å². The van der Waals surface area contributed by atoms with Crippen molar-refractivity contribution in [3.63, 3.8) is 0 Å². The molecule has 0 aliphatic heterocycles. The van der Waals surface area contributed by atoms with Gasteiger partial charge in [0.1, 0.15) is 11.4 Å². The number of nitrogens with zero attached hydrogens (tertiary/aromatic N) is 4. The first-order valence-electron chi connectivity index (χ1n) is 8.89. The van der Waals surface area contributed by atoms with Crippen molar-refractivity contribution in [3.05, 3.63) is 70.4 Å². The lowest BCUT2D eigenvalue weighted by Gasteiger charge is -2.11. The summed E-state index contributed by atoms with van der Waals surface area (Å²) in [6, 6.07) is 13.9. The molecule has 0 radical (unpaired) electrons. The Balaban J connectivity index is 1.46. The van der Waals surface area contributed by atoms with E-state index in [4.69, 9.17) is 0 Å². The maximum Gasteiger partial charge on any atom is 0.270 e. The second-order valence-electron chi connectivity index (χ2n) is 6.29. The second kappa shape index (κ2) is 8.56. The number of hydrogen-bond acceptors (Lipinski definition) is 8. The highest BCUT2D eigenvalue weighted by atomic mass is 32.2. The highest BCUT2D eigenvalue weighted by Crippen LogP contribution is 2.30. The van der Waals surface area contributed by atoms with Crippen LogP contribution in [0.15, 0.2) is 65.3 Å². The minimum absolute atomic E-state index is 0.00631. The highest BCUT2D eigenvalue weighted by molar-refractivity contribution is 8.00. The molecule has 150 valence electrons. The van der Waals surface area contributed by atoms with Gasteiger partial charge in [-0.3, -0.25) is 14.9 Å². The van der Waals surface area contributed by atoms with Gasteiger partial charge in [-0.25, -0.2) is 15.0 Å². The molecule has 2 aromatic carbocycles. The average Bonchev–Trinajstić information content (AvgIpc) is 3.22. The third-order valence-corrected chi connectivity index (χ3v) is 6.12. The molecule has 2 aromatic heterocycles. The Morgan fingerprint density at radius 3 is 2.87 bits per heavy atom. The van der Waals surface area contributed by atoms with E-state index in [0.717, 1.165) is 15.9 Å². The third kappa shape index (κ3) is 4.29. The predicted octanol–water partition coefficient (Wildman–Crippen LogP) is 4.78. The number of hydrogen-bond donors (Lipinski definition) is 1. The number of anilines is 1. The van der Waals surface area contributed by atoms with Gasteiger partial charge in [0.15, 0.2) is 5.13 Å². The van der Waals surface area contributed by atoms with Gasteiger partial charge < -0.3 is 5.32 Å². The van der Waals surface area contributed by atoms with Gasteiger partial charge in [-0.1, -0.05) is 42.1 Å². The Morgan fingerprint density at radius 2 is 2.03 bits per heavy atom. The second-order valence-corrected chi connectivity index (χ2v) is 8.48. The monoisotopic (exact) mass is 437 g/mol. The average molecular weight is 438 g/mol. The van der Waals surface area contributed by atoms with Crippen molar-refractivity contribution >= 4 is 50.7 Å². The summed E-state index contributed by atoms with van der Waals surface area (Å²) in [6.07, 6.45) is 1.49. The molecule has 0 bridgehead atoms. The molecule has 1 N–H and O–H groups in total. The fourth-order valence-corrected chi connectivity index (χ4v) is 4.38. The Labute approximate surface area is 179 Å². The molecule has 10 heteroatoms. The number of nitrogens with one attached hydrogen (secondary N) is 1. The molecule has 0 saturated heterocycles. The number of rotatable bonds is 6. The zero-order chi connectivity index (χ0) is 21.1. The molecular formula is C20H15N5O3S2. The molecule has 1 atom stereocenters. The Bertz CT molecular complexity index is 1240. The third-order valence-electron chi connectivity index (χ3n) is 4.25. The topological polar surface area (TPSA) is 111 Å². The van der Waals surface area contributed by atoms with Crippen LogP contribution < -0.4 is 5.32 Å². The van der Waals surface area contributed by atoms with Crippen LogP contribution in [0.3, 0.4) is 0 Å². The minimum Gasteiger partial charge on any atom is -0.301 e. The zero-order valence-electron chi connectivity index (χ0n) is 15.7. The van der Waals surface area contributed by atoms with Gasteiger partial charge in [0.05, 0.1) is 21.4 Å². The van der Waals surface area contributed by atoms with E-state index in [0.29, 0.717) is 16.4 Å². The van der Waals surface area contributed by atoms with E-state index in [-0.39, 0.29) is 11.6 Å². The van der Waals surface area contributed by atoms with E-state index in [9.17, 15) is 14.9 Å². The zero-order valence-corrected chi connectivity index (χ0v) is 17.3. The van der Waals surface area contributed by atoms with Crippen molar-refractivity contribution in [2.24, 2.45) is 0 Å². The van der Waals surface area contributed by atoms with Crippen LogP contribution in [0.4, 0.5) is 10.8 Å². The summed E-state index contributed by atoms with van der Waals surface area (Å²) in [7, 11) is 0. The Morgan fingerprint density at radius 1 is 1.20 bits per heavy atom. The Kier molecular flexibility index (Phi) is 5.68. The van der Waals surface area contributed by atoms with E-state index in [1.165, 1.54) is 41.6 Å². The van der Waals surface area contributed by atoms with E-state index >= 15 is 0 Å². The van der Waals surface area contributed by atoms with Crippen LogP contribution in [0, 0.1) is 10.1 Å². The molecule has 0 aliphatic rings. The summed E-state index contributed by atoms with van der Waals surface area (Å²) in [5.41, 5.74) is 2.01. The summed E-state index contributed by atoms with van der Waals surface area (Å²) < 4.78 is 0. The fraction of sp³-hybridized carbons (Fsp3) is 0.100. The number of nitro benzene ring substituents is 1. The number of benzene rings is 2. The maximum atomic E-state index is 12.6. The summed E-state index contributed by atoms with van der Waals surface area (Å²) in [4.78, 5) is 36.1. The van der Waals surface area contributed by atoms with Gasteiger partial charge in [-0.05, 0) is 13.0 Å². The standard InChI is InChI=1S/C20H15N5O3S2/c1-12(30-19-15-7-2-3-8-16(15)21-11-22-19)18(26)24-20-23-17(10-29-20)13-5-4-6-14(9-13)25(27)28/h2-12H,1H3,(H,23,24,26). The molecule has 0 spiro atoms. The van der Waals surface area contributed by atoms with Crippen molar-refractivity contribution in [1.82, 2.24) is 15.0 Å². The number of carbonyl (C=O) groups is 1. The van der Waals surface area contributed by atoms with Crippen molar-refractivity contribution in [2.45, 2.75) is 17.2 Å². The summed E-state index contributed by atoms with van der Waals surface area (Å²) in [5, 5.41) is 17.2. The smallest absolute Gasteiger partial charge is 0.270 e.